The molecular weight excluding hydrogens is 407 g/mol. The first-order valence-corrected chi connectivity index (χ1v) is 10.3. The van der Waals surface area contributed by atoms with E-state index in [9.17, 15) is 18.0 Å². The number of aromatic nitrogens is 2. The standard InChI is InChI=1S/C19H18F3N3OS2/c1-24(10-14-7-8-27-11-14)17(26)12-28-18-23-9-16(15-5-3-2-4-6-15)25(18)13-19(20,21)22/h2-9,11H,10,12-13H2,1H3. The number of nitrogens with zero attached hydrogens (tertiary/aromatic N) is 3. The van der Waals surface area contributed by atoms with Crippen molar-refractivity contribution >= 4 is 29.0 Å². The van der Waals surface area contributed by atoms with Crippen molar-refractivity contribution in [3.8, 4) is 11.3 Å². The van der Waals surface area contributed by atoms with Crippen molar-refractivity contribution in [2.75, 3.05) is 12.8 Å². The molecule has 0 N–H and O–H groups in total. The molecule has 0 spiro atoms. The third-order valence-electron chi connectivity index (χ3n) is 3.98. The molecule has 2 heterocycles. The van der Waals surface area contributed by atoms with E-state index in [0.29, 0.717) is 17.8 Å². The first-order chi connectivity index (χ1) is 13.3. The number of carbonyl (C=O) groups is 1. The van der Waals surface area contributed by atoms with Crippen LogP contribution in [0.4, 0.5) is 13.2 Å². The molecule has 3 aromatic rings. The molecule has 0 aliphatic rings. The number of thioether (sulfide) groups is 1. The van der Waals surface area contributed by atoms with Gasteiger partial charge in [-0.1, -0.05) is 42.1 Å². The van der Waals surface area contributed by atoms with Gasteiger partial charge in [0.2, 0.25) is 5.91 Å². The van der Waals surface area contributed by atoms with Crippen LogP contribution in [0.2, 0.25) is 0 Å². The highest BCUT2D eigenvalue weighted by atomic mass is 32.2. The fourth-order valence-electron chi connectivity index (χ4n) is 2.63. The lowest BCUT2D eigenvalue weighted by molar-refractivity contribution is -0.141. The van der Waals surface area contributed by atoms with E-state index in [0.717, 1.165) is 21.9 Å². The minimum absolute atomic E-state index is 0.0176. The van der Waals surface area contributed by atoms with Crippen LogP contribution in [-0.4, -0.2) is 39.3 Å². The summed E-state index contributed by atoms with van der Waals surface area (Å²) in [7, 11) is 1.68. The van der Waals surface area contributed by atoms with E-state index < -0.39 is 12.7 Å². The van der Waals surface area contributed by atoms with Crippen LogP contribution in [-0.2, 0) is 17.9 Å². The average molecular weight is 426 g/mol. The molecule has 4 nitrogen and oxygen atoms in total. The molecule has 1 amide bonds. The molecule has 9 heteroatoms. The third-order valence-corrected chi connectivity index (χ3v) is 5.68. The highest BCUT2D eigenvalue weighted by Crippen LogP contribution is 2.30. The lowest BCUT2D eigenvalue weighted by atomic mass is 10.2. The van der Waals surface area contributed by atoms with Crippen LogP contribution in [0.3, 0.4) is 0 Å². The average Bonchev–Trinajstić information content (AvgIpc) is 3.29. The molecule has 3 rings (SSSR count). The second-order valence-corrected chi connectivity index (χ2v) is 7.89. The van der Waals surface area contributed by atoms with E-state index in [1.165, 1.54) is 6.20 Å². The van der Waals surface area contributed by atoms with Gasteiger partial charge in [0.25, 0.3) is 0 Å². The molecule has 0 fully saturated rings. The summed E-state index contributed by atoms with van der Waals surface area (Å²) < 4.78 is 40.4. The number of alkyl halides is 3. The molecule has 0 saturated carbocycles. The number of hydrogen-bond acceptors (Lipinski definition) is 4. The molecule has 0 aliphatic heterocycles. The third kappa shape index (κ3) is 5.39. The van der Waals surface area contributed by atoms with E-state index in [1.807, 2.05) is 16.8 Å². The number of benzene rings is 1. The van der Waals surface area contributed by atoms with Gasteiger partial charge in [-0.25, -0.2) is 4.98 Å². The predicted octanol–water partition coefficient (Wildman–Crippen LogP) is 4.92. The van der Waals surface area contributed by atoms with Crippen LogP contribution in [0, 0.1) is 0 Å². The second-order valence-electron chi connectivity index (χ2n) is 6.16. The van der Waals surface area contributed by atoms with Gasteiger partial charge in [-0.15, -0.1) is 0 Å². The number of hydrogen-bond donors (Lipinski definition) is 0. The Bertz CT molecular complexity index is 908. The van der Waals surface area contributed by atoms with Crippen molar-refractivity contribution in [1.82, 2.24) is 14.5 Å². The maximum absolute atomic E-state index is 13.1. The lowest BCUT2D eigenvalue weighted by Gasteiger charge is -2.17. The molecule has 1 aromatic carbocycles. The van der Waals surface area contributed by atoms with Gasteiger partial charge < -0.3 is 9.47 Å². The van der Waals surface area contributed by atoms with E-state index in [-0.39, 0.29) is 16.8 Å². The van der Waals surface area contributed by atoms with Crippen molar-refractivity contribution in [3.63, 3.8) is 0 Å². The van der Waals surface area contributed by atoms with Crippen molar-refractivity contribution in [2.24, 2.45) is 0 Å². The Morgan fingerprint density at radius 3 is 2.64 bits per heavy atom. The van der Waals surface area contributed by atoms with Crippen LogP contribution in [0.25, 0.3) is 11.3 Å². The maximum atomic E-state index is 13.1. The van der Waals surface area contributed by atoms with Crippen LogP contribution in [0.1, 0.15) is 5.56 Å². The number of rotatable bonds is 7. The van der Waals surface area contributed by atoms with Gasteiger partial charge in [-0.05, 0) is 28.0 Å². The summed E-state index contributed by atoms with van der Waals surface area (Å²) in [6.45, 7) is -0.687. The minimum Gasteiger partial charge on any atom is -0.341 e. The quantitative estimate of drug-likeness (QED) is 0.504. The van der Waals surface area contributed by atoms with E-state index in [1.54, 1.807) is 53.6 Å². The molecular formula is C19H18F3N3OS2. The number of halogens is 3. The van der Waals surface area contributed by atoms with Gasteiger partial charge in [0.05, 0.1) is 17.6 Å². The monoisotopic (exact) mass is 425 g/mol. The Morgan fingerprint density at radius 2 is 2.00 bits per heavy atom. The summed E-state index contributed by atoms with van der Waals surface area (Å²) in [5.41, 5.74) is 2.04. The van der Waals surface area contributed by atoms with Crippen LogP contribution >= 0.6 is 23.1 Å². The maximum Gasteiger partial charge on any atom is 0.406 e. The van der Waals surface area contributed by atoms with Crippen LogP contribution in [0.15, 0.2) is 58.5 Å². The van der Waals surface area contributed by atoms with Gasteiger partial charge in [0, 0.05) is 13.6 Å². The number of imidazole rings is 1. The smallest absolute Gasteiger partial charge is 0.341 e. The first kappa shape index (κ1) is 20.5. The minimum atomic E-state index is -4.39. The molecule has 0 radical (unpaired) electrons. The Balaban J connectivity index is 1.74. The zero-order valence-corrected chi connectivity index (χ0v) is 16.7. The Morgan fingerprint density at radius 1 is 1.25 bits per heavy atom. The number of amides is 1. The Kier molecular flexibility index (Phi) is 6.46. The highest BCUT2D eigenvalue weighted by Gasteiger charge is 2.31. The van der Waals surface area contributed by atoms with Gasteiger partial charge in [-0.3, -0.25) is 4.79 Å². The van der Waals surface area contributed by atoms with Crippen LogP contribution in [0.5, 0.6) is 0 Å². The van der Waals surface area contributed by atoms with E-state index >= 15 is 0 Å². The summed E-state index contributed by atoms with van der Waals surface area (Å²) in [5, 5.41) is 4.06. The summed E-state index contributed by atoms with van der Waals surface area (Å²) in [4.78, 5) is 18.1. The Hall–Kier alpha value is -2.26. The van der Waals surface area contributed by atoms with Gasteiger partial charge in [0.15, 0.2) is 5.16 Å². The molecule has 0 bridgehead atoms. The first-order valence-electron chi connectivity index (χ1n) is 8.39. The topological polar surface area (TPSA) is 38.1 Å². The second kappa shape index (κ2) is 8.83. The van der Waals surface area contributed by atoms with Crippen molar-refractivity contribution in [3.05, 3.63) is 58.9 Å². The summed E-state index contributed by atoms with van der Waals surface area (Å²) in [5.74, 6) is -0.150. The Labute approximate surface area is 169 Å². The van der Waals surface area contributed by atoms with E-state index in [2.05, 4.69) is 4.98 Å². The zero-order valence-electron chi connectivity index (χ0n) is 15.0. The van der Waals surface area contributed by atoms with Gasteiger partial charge in [0.1, 0.15) is 6.54 Å². The zero-order chi connectivity index (χ0) is 20.1. The van der Waals surface area contributed by atoms with Gasteiger partial charge in [-0.2, -0.15) is 24.5 Å². The predicted molar refractivity (Wildman–Crippen MR) is 105 cm³/mol. The molecule has 0 saturated heterocycles. The fraction of sp³-hybridized carbons (Fsp3) is 0.263. The molecule has 0 atom stereocenters. The molecule has 0 aliphatic carbocycles. The van der Waals surface area contributed by atoms with E-state index in [4.69, 9.17) is 0 Å². The SMILES string of the molecule is CN(Cc1ccsc1)C(=O)CSc1ncc(-c2ccccc2)n1CC(F)(F)F. The lowest BCUT2D eigenvalue weighted by Crippen LogP contribution is -2.28. The van der Waals surface area contributed by atoms with Crippen LogP contribution < -0.4 is 0 Å². The number of carbonyl (C=O) groups excluding carboxylic acids is 1. The fourth-order valence-corrected chi connectivity index (χ4v) is 4.21. The normalized spacial score (nSPS) is 11.6. The molecule has 28 heavy (non-hydrogen) atoms. The van der Waals surface area contributed by atoms with Crippen molar-refractivity contribution < 1.29 is 18.0 Å². The van der Waals surface area contributed by atoms with Crippen molar-refractivity contribution in [1.29, 1.82) is 0 Å². The summed E-state index contributed by atoms with van der Waals surface area (Å²) in [6.07, 6.45) is -2.97. The molecule has 148 valence electrons. The number of thiophene rings is 1. The molecule has 0 unspecified atom stereocenters. The summed E-state index contributed by atoms with van der Waals surface area (Å²) >= 11 is 2.56. The molecule has 2 aromatic heterocycles. The highest BCUT2D eigenvalue weighted by molar-refractivity contribution is 7.99. The summed E-state index contributed by atoms with van der Waals surface area (Å²) in [6, 6.07) is 10.7. The van der Waals surface area contributed by atoms with Gasteiger partial charge >= 0.3 is 6.18 Å². The van der Waals surface area contributed by atoms with Crippen molar-refractivity contribution in [2.45, 2.75) is 24.4 Å². The largest absolute Gasteiger partial charge is 0.406 e.